The zero-order valence-electron chi connectivity index (χ0n) is 14.0. The Kier molecular flexibility index (Phi) is 4.83. The second-order valence-corrected chi connectivity index (χ2v) is 6.47. The minimum Gasteiger partial charge on any atom is -0.341 e. The number of carbonyl (C=O) groups is 3. The van der Waals surface area contributed by atoms with E-state index in [1.54, 1.807) is 9.80 Å². The van der Waals surface area contributed by atoms with Gasteiger partial charge in [0.05, 0.1) is 0 Å². The van der Waals surface area contributed by atoms with Crippen molar-refractivity contribution >= 4 is 17.7 Å². The molecule has 24 heavy (non-hydrogen) atoms. The lowest BCUT2D eigenvalue weighted by Gasteiger charge is -2.34. The third kappa shape index (κ3) is 3.42. The van der Waals surface area contributed by atoms with Crippen molar-refractivity contribution in [1.29, 1.82) is 0 Å². The van der Waals surface area contributed by atoms with Crippen molar-refractivity contribution in [2.24, 2.45) is 0 Å². The van der Waals surface area contributed by atoms with E-state index in [1.807, 2.05) is 31.2 Å². The van der Waals surface area contributed by atoms with Crippen LogP contribution in [0.2, 0.25) is 0 Å². The number of rotatable bonds is 4. The summed E-state index contributed by atoms with van der Waals surface area (Å²) in [6.45, 7) is 4.84. The standard InChI is InChI=1S/C18H23N3O3/c1-14-6-2-3-7-15(14)12-20-10-11-21(18(24)17(20)23)13-16(22)19-8-4-5-9-19/h2-3,6-7H,4-5,8-13H2,1H3. The highest BCUT2D eigenvalue weighted by molar-refractivity contribution is 6.35. The third-order valence-electron chi connectivity index (χ3n) is 4.80. The van der Waals surface area contributed by atoms with Crippen LogP contribution in [0.5, 0.6) is 0 Å². The molecule has 6 heteroatoms. The third-order valence-corrected chi connectivity index (χ3v) is 4.80. The smallest absolute Gasteiger partial charge is 0.312 e. The number of likely N-dealkylation sites (tertiary alicyclic amines) is 1. The molecule has 0 aliphatic carbocycles. The summed E-state index contributed by atoms with van der Waals surface area (Å²) in [5.74, 6) is -1.14. The topological polar surface area (TPSA) is 60.9 Å². The van der Waals surface area contributed by atoms with Crippen LogP contribution in [-0.4, -0.2) is 65.1 Å². The molecule has 3 rings (SSSR count). The Bertz CT molecular complexity index is 653. The van der Waals surface area contributed by atoms with Gasteiger partial charge in [0.2, 0.25) is 5.91 Å². The summed E-state index contributed by atoms with van der Waals surface area (Å²) in [5.41, 5.74) is 2.14. The van der Waals surface area contributed by atoms with Crippen molar-refractivity contribution in [1.82, 2.24) is 14.7 Å². The van der Waals surface area contributed by atoms with Crippen LogP contribution >= 0.6 is 0 Å². The van der Waals surface area contributed by atoms with Gasteiger partial charge in [0.25, 0.3) is 0 Å². The van der Waals surface area contributed by atoms with Crippen LogP contribution in [0.15, 0.2) is 24.3 Å². The maximum Gasteiger partial charge on any atom is 0.312 e. The monoisotopic (exact) mass is 329 g/mol. The van der Waals surface area contributed by atoms with Gasteiger partial charge < -0.3 is 14.7 Å². The summed E-state index contributed by atoms with van der Waals surface area (Å²) in [5, 5.41) is 0. The van der Waals surface area contributed by atoms with Crippen molar-refractivity contribution in [3.63, 3.8) is 0 Å². The largest absolute Gasteiger partial charge is 0.341 e. The quantitative estimate of drug-likeness (QED) is 0.767. The molecular formula is C18H23N3O3. The van der Waals surface area contributed by atoms with E-state index in [0.29, 0.717) is 19.6 Å². The average Bonchev–Trinajstić information content (AvgIpc) is 3.11. The molecule has 0 saturated carbocycles. The molecule has 0 spiro atoms. The van der Waals surface area contributed by atoms with E-state index in [0.717, 1.165) is 37.1 Å². The van der Waals surface area contributed by atoms with E-state index < -0.39 is 11.8 Å². The molecule has 0 bridgehead atoms. The summed E-state index contributed by atoms with van der Waals surface area (Å²) < 4.78 is 0. The van der Waals surface area contributed by atoms with Crippen LogP contribution in [-0.2, 0) is 20.9 Å². The van der Waals surface area contributed by atoms with E-state index in [9.17, 15) is 14.4 Å². The highest BCUT2D eigenvalue weighted by atomic mass is 16.2. The Morgan fingerprint density at radius 1 is 0.958 bits per heavy atom. The first-order valence-corrected chi connectivity index (χ1v) is 8.47. The number of benzene rings is 1. The summed E-state index contributed by atoms with van der Waals surface area (Å²) in [4.78, 5) is 41.6. The fourth-order valence-corrected chi connectivity index (χ4v) is 3.24. The lowest BCUT2D eigenvalue weighted by molar-refractivity contribution is -0.158. The lowest BCUT2D eigenvalue weighted by atomic mass is 10.1. The van der Waals surface area contributed by atoms with E-state index in [2.05, 4.69) is 0 Å². The summed E-state index contributed by atoms with van der Waals surface area (Å²) >= 11 is 0. The van der Waals surface area contributed by atoms with Crippen LogP contribution in [0.3, 0.4) is 0 Å². The molecule has 0 radical (unpaired) electrons. The molecule has 0 aromatic heterocycles. The van der Waals surface area contributed by atoms with E-state index in [1.165, 1.54) is 4.90 Å². The Morgan fingerprint density at radius 3 is 2.29 bits per heavy atom. The van der Waals surface area contributed by atoms with Gasteiger partial charge in [-0.15, -0.1) is 0 Å². The van der Waals surface area contributed by atoms with Crippen LogP contribution in [0.1, 0.15) is 24.0 Å². The first-order chi connectivity index (χ1) is 11.6. The summed E-state index contributed by atoms with van der Waals surface area (Å²) in [7, 11) is 0. The van der Waals surface area contributed by atoms with Gasteiger partial charge in [-0.1, -0.05) is 24.3 Å². The fraction of sp³-hybridized carbons (Fsp3) is 0.500. The van der Waals surface area contributed by atoms with Crippen LogP contribution in [0.4, 0.5) is 0 Å². The molecule has 128 valence electrons. The molecule has 6 nitrogen and oxygen atoms in total. The van der Waals surface area contributed by atoms with Crippen LogP contribution in [0.25, 0.3) is 0 Å². The highest BCUT2D eigenvalue weighted by Gasteiger charge is 2.34. The fourth-order valence-electron chi connectivity index (χ4n) is 3.24. The second-order valence-electron chi connectivity index (χ2n) is 6.47. The van der Waals surface area contributed by atoms with Gasteiger partial charge in [-0.25, -0.2) is 0 Å². The van der Waals surface area contributed by atoms with Crippen molar-refractivity contribution in [3.05, 3.63) is 35.4 Å². The summed E-state index contributed by atoms with van der Waals surface area (Å²) in [6, 6.07) is 7.84. The normalized spacial score (nSPS) is 18.5. The molecule has 3 amide bonds. The van der Waals surface area contributed by atoms with Crippen LogP contribution < -0.4 is 0 Å². The predicted octanol–water partition coefficient (Wildman–Crippen LogP) is 0.788. The van der Waals surface area contributed by atoms with E-state index in [-0.39, 0.29) is 12.5 Å². The maximum absolute atomic E-state index is 12.4. The molecule has 0 atom stereocenters. The zero-order valence-corrected chi connectivity index (χ0v) is 14.0. The Morgan fingerprint density at radius 2 is 1.58 bits per heavy atom. The Hall–Kier alpha value is -2.37. The number of carbonyl (C=O) groups excluding carboxylic acids is 3. The highest BCUT2D eigenvalue weighted by Crippen LogP contribution is 2.15. The number of nitrogens with zero attached hydrogens (tertiary/aromatic N) is 3. The number of aryl methyl sites for hydroxylation is 1. The molecule has 2 fully saturated rings. The van der Waals surface area contributed by atoms with E-state index >= 15 is 0 Å². The molecule has 0 unspecified atom stereocenters. The van der Waals surface area contributed by atoms with Crippen molar-refractivity contribution < 1.29 is 14.4 Å². The molecular weight excluding hydrogens is 306 g/mol. The second kappa shape index (κ2) is 7.03. The first kappa shape index (κ1) is 16.5. The van der Waals surface area contributed by atoms with Gasteiger partial charge in [-0.2, -0.15) is 0 Å². The molecule has 2 aliphatic heterocycles. The Balaban J connectivity index is 1.60. The molecule has 2 saturated heterocycles. The van der Waals surface area contributed by atoms with Gasteiger partial charge in [-0.3, -0.25) is 14.4 Å². The first-order valence-electron chi connectivity index (χ1n) is 8.47. The van der Waals surface area contributed by atoms with Gasteiger partial charge in [-0.05, 0) is 30.9 Å². The molecule has 1 aromatic carbocycles. The van der Waals surface area contributed by atoms with Crippen LogP contribution in [0, 0.1) is 6.92 Å². The summed E-state index contributed by atoms with van der Waals surface area (Å²) in [6.07, 6.45) is 2.03. The van der Waals surface area contributed by atoms with Crippen molar-refractivity contribution in [3.8, 4) is 0 Å². The van der Waals surface area contributed by atoms with Crippen molar-refractivity contribution in [2.75, 3.05) is 32.7 Å². The van der Waals surface area contributed by atoms with Gasteiger partial charge in [0.15, 0.2) is 0 Å². The SMILES string of the molecule is Cc1ccccc1CN1CCN(CC(=O)N2CCCC2)C(=O)C1=O. The number of amides is 3. The number of hydrogen-bond donors (Lipinski definition) is 0. The zero-order chi connectivity index (χ0) is 17.1. The predicted molar refractivity (Wildman–Crippen MR) is 89.0 cm³/mol. The minimum atomic E-state index is -0.567. The average molecular weight is 329 g/mol. The molecule has 2 aliphatic rings. The van der Waals surface area contributed by atoms with Gasteiger partial charge >= 0.3 is 11.8 Å². The van der Waals surface area contributed by atoms with Crippen molar-refractivity contribution in [2.45, 2.75) is 26.3 Å². The molecule has 0 N–H and O–H groups in total. The Labute approximate surface area is 142 Å². The van der Waals surface area contributed by atoms with E-state index in [4.69, 9.17) is 0 Å². The maximum atomic E-state index is 12.4. The number of piperazine rings is 1. The van der Waals surface area contributed by atoms with Gasteiger partial charge in [0.1, 0.15) is 6.54 Å². The minimum absolute atomic E-state index is 0.0166. The molecule has 2 heterocycles. The lowest BCUT2D eigenvalue weighted by Crippen LogP contribution is -2.56. The van der Waals surface area contributed by atoms with Gasteiger partial charge in [0, 0.05) is 32.7 Å². The number of hydrogen-bond acceptors (Lipinski definition) is 3. The molecule has 1 aromatic rings.